The van der Waals surface area contributed by atoms with Crippen LogP contribution in [0, 0.1) is 11.3 Å². The Bertz CT molecular complexity index is 513. The third-order valence-electron chi connectivity index (χ3n) is 3.83. The van der Waals surface area contributed by atoms with E-state index in [0.29, 0.717) is 0 Å². The third kappa shape index (κ3) is 3.60. The fourth-order valence-electron chi connectivity index (χ4n) is 2.48. The van der Waals surface area contributed by atoms with Crippen molar-refractivity contribution >= 4 is 0 Å². The topological polar surface area (TPSA) is 164 Å². The van der Waals surface area contributed by atoms with Crippen LogP contribution in [0.1, 0.15) is 0 Å². The van der Waals surface area contributed by atoms with Crippen LogP contribution in [0.4, 0.5) is 0 Å². The van der Waals surface area contributed by atoms with Gasteiger partial charge in [-0.05, 0) is 5.57 Å². The molecule has 0 saturated carbocycles. The molecule has 1 aliphatic carbocycles. The number of ether oxygens (including phenoxy) is 2. The van der Waals surface area contributed by atoms with Crippen molar-refractivity contribution in [2.75, 3.05) is 6.61 Å². The highest BCUT2D eigenvalue weighted by molar-refractivity contribution is 5.34. The summed E-state index contributed by atoms with van der Waals surface area (Å²) in [4.78, 5) is 0. The summed E-state index contributed by atoms with van der Waals surface area (Å²) in [5.41, 5.74) is 0.238. The average molecular weight is 329 g/mol. The van der Waals surface area contributed by atoms with Crippen LogP contribution >= 0.6 is 0 Å². The molecule has 1 saturated heterocycles. The van der Waals surface area contributed by atoms with Gasteiger partial charge in [0.2, 0.25) is 0 Å². The van der Waals surface area contributed by atoms with Crippen LogP contribution < -0.4 is 0 Å². The van der Waals surface area contributed by atoms with Crippen molar-refractivity contribution in [1.29, 1.82) is 5.26 Å². The summed E-state index contributed by atoms with van der Waals surface area (Å²) >= 11 is 0. The molecule has 0 aromatic carbocycles. The average Bonchev–Trinajstić information content (AvgIpc) is 2.54. The van der Waals surface area contributed by atoms with Crippen LogP contribution in [0.2, 0.25) is 0 Å². The molecule has 8 atom stereocenters. The zero-order valence-electron chi connectivity index (χ0n) is 12.0. The minimum Gasteiger partial charge on any atom is -0.394 e. The Kier molecular flexibility index (Phi) is 5.85. The van der Waals surface area contributed by atoms with Crippen molar-refractivity contribution in [3.63, 3.8) is 0 Å². The van der Waals surface area contributed by atoms with Crippen LogP contribution in [0.3, 0.4) is 0 Å². The van der Waals surface area contributed by atoms with Gasteiger partial charge in [0.05, 0.1) is 12.7 Å². The van der Waals surface area contributed by atoms with E-state index in [9.17, 15) is 25.5 Å². The molecule has 9 nitrogen and oxygen atoms in total. The van der Waals surface area contributed by atoms with Crippen LogP contribution in [-0.4, -0.2) is 86.3 Å². The first-order valence-corrected chi connectivity index (χ1v) is 7.00. The molecular formula is C14H19NO8. The van der Waals surface area contributed by atoms with Gasteiger partial charge in [0.15, 0.2) is 6.29 Å². The second-order valence-electron chi connectivity index (χ2n) is 5.37. The van der Waals surface area contributed by atoms with Gasteiger partial charge in [-0.15, -0.1) is 0 Å². The molecule has 0 aromatic heterocycles. The van der Waals surface area contributed by atoms with Gasteiger partial charge in [-0.2, -0.15) is 5.26 Å². The predicted molar refractivity (Wildman–Crippen MR) is 73.5 cm³/mol. The first-order chi connectivity index (χ1) is 10.9. The van der Waals surface area contributed by atoms with E-state index in [0.717, 1.165) is 6.08 Å². The number of nitriles is 1. The molecule has 128 valence electrons. The van der Waals surface area contributed by atoms with E-state index in [1.54, 1.807) is 6.07 Å². The monoisotopic (exact) mass is 329 g/mol. The molecule has 0 radical (unpaired) electrons. The number of aliphatic hydroxyl groups excluding tert-OH is 6. The lowest BCUT2D eigenvalue weighted by atomic mass is 9.93. The van der Waals surface area contributed by atoms with Crippen molar-refractivity contribution in [3.8, 4) is 6.07 Å². The van der Waals surface area contributed by atoms with Gasteiger partial charge in [0.1, 0.15) is 42.7 Å². The number of hydrogen-bond donors (Lipinski definition) is 6. The first-order valence-electron chi connectivity index (χ1n) is 7.00. The molecule has 6 N–H and O–H groups in total. The Hall–Kier alpha value is -1.35. The number of rotatable bonds is 3. The van der Waals surface area contributed by atoms with Crippen LogP contribution in [-0.2, 0) is 9.47 Å². The fraction of sp³-hybridized carbons (Fsp3) is 0.643. The molecule has 0 amide bonds. The summed E-state index contributed by atoms with van der Waals surface area (Å²) in [7, 11) is 0. The molecule has 9 heteroatoms. The first kappa shape index (κ1) is 18.0. The smallest absolute Gasteiger partial charge is 0.187 e. The van der Waals surface area contributed by atoms with E-state index < -0.39 is 55.6 Å². The number of aliphatic hydroxyl groups is 6. The fourth-order valence-corrected chi connectivity index (χ4v) is 2.48. The molecule has 0 aromatic rings. The SMILES string of the molecule is N#C/C=C1\C=C[C@@H](O)[C@@H](O)[C@H]1O[C@H]1O[C@@H](CO)[C@H](O)[C@@H](O)[C@@H]1O. The van der Waals surface area contributed by atoms with Gasteiger partial charge >= 0.3 is 0 Å². The highest BCUT2D eigenvalue weighted by Crippen LogP contribution is 2.28. The quantitative estimate of drug-likeness (QED) is 0.294. The van der Waals surface area contributed by atoms with Crippen LogP contribution in [0.25, 0.3) is 0 Å². The summed E-state index contributed by atoms with van der Waals surface area (Å²) in [6, 6.07) is 1.77. The van der Waals surface area contributed by atoms with Crippen LogP contribution in [0.15, 0.2) is 23.8 Å². The van der Waals surface area contributed by atoms with E-state index in [1.165, 1.54) is 12.2 Å². The maximum absolute atomic E-state index is 10.0. The lowest BCUT2D eigenvalue weighted by molar-refractivity contribution is -0.314. The molecule has 1 heterocycles. The van der Waals surface area contributed by atoms with Crippen molar-refractivity contribution in [2.45, 2.75) is 49.0 Å². The zero-order chi connectivity index (χ0) is 17.1. The zero-order valence-corrected chi connectivity index (χ0v) is 12.0. The van der Waals surface area contributed by atoms with E-state index in [2.05, 4.69) is 0 Å². The minimum atomic E-state index is -1.65. The summed E-state index contributed by atoms with van der Waals surface area (Å²) < 4.78 is 10.6. The third-order valence-corrected chi connectivity index (χ3v) is 3.83. The highest BCUT2D eigenvalue weighted by Gasteiger charge is 2.46. The number of nitrogens with zero attached hydrogens (tertiary/aromatic N) is 1. The number of hydrogen-bond acceptors (Lipinski definition) is 9. The second kappa shape index (κ2) is 7.48. The van der Waals surface area contributed by atoms with Gasteiger partial charge in [-0.1, -0.05) is 12.2 Å². The van der Waals surface area contributed by atoms with Gasteiger partial charge in [-0.25, -0.2) is 0 Å². The van der Waals surface area contributed by atoms with E-state index >= 15 is 0 Å². The lowest BCUT2D eigenvalue weighted by Crippen LogP contribution is -2.60. The van der Waals surface area contributed by atoms with Gasteiger partial charge in [0.25, 0.3) is 0 Å². The Labute approximate surface area is 131 Å². The van der Waals surface area contributed by atoms with Crippen molar-refractivity contribution in [3.05, 3.63) is 23.8 Å². The maximum atomic E-state index is 10.0. The minimum absolute atomic E-state index is 0.238. The van der Waals surface area contributed by atoms with E-state index in [4.69, 9.17) is 19.8 Å². The van der Waals surface area contributed by atoms with Crippen molar-refractivity contribution in [1.82, 2.24) is 0 Å². The molecule has 1 fully saturated rings. The lowest BCUT2D eigenvalue weighted by Gasteiger charge is -2.42. The van der Waals surface area contributed by atoms with Gasteiger partial charge in [0, 0.05) is 6.08 Å². The summed E-state index contributed by atoms with van der Waals surface area (Å²) in [6.07, 6.45) is -7.57. The molecule has 2 rings (SSSR count). The highest BCUT2D eigenvalue weighted by atomic mass is 16.7. The van der Waals surface area contributed by atoms with E-state index in [-0.39, 0.29) is 5.57 Å². The normalized spacial score (nSPS) is 45.9. The molecule has 0 spiro atoms. The van der Waals surface area contributed by atoms with Gasteiger partial charge in [-0.3, -0.25) is 0 Å². The molecule has 1 aliphatic heterocycles. The Balaban J connectivity index is 2.20. The molecule has 2 aliphatic rings. The standard InChI is InChI=1S/C14H19NO8/c15-4-3-6-1-2-7(17)9(18)13(6)23-14-12(21)11(20)10(19)8(5-16)22-14/h1-3,7-14,16-21H,5H2/b6-3+/t7-,8+,9-,10+,11-,12+,13+,14-/m1/s1. The van der Waals surface area contributed by atoms with Crippen molar-refractivity contribution < 1.29 is 40.1 Å². The second-order valence-corrected chi connectivity index (χ2v) is 5.37. The van der Waals surface area contributed by atoms with Crippen molar-refractivity contribution in [2.24, 2.45) is 0 Å². The summed E-state index contributed by atoms with van der Waals surface area (Å²) in [6.45, 7) is -0.624. The predicted octanol–water partition coefficient (Wildman–Crippen LogP) is -3.09. The largest absolute Gasteiger partial charge is 0.394 e. The summed E-state index contributed by atoms with van der Waals surface area (Å²) in [5.74, 6) is 0. The van der Waals surface area contributed by atoms with Crippen LogP contribution in [0.5, 0.6) is 0 Å². The summed E-state index contributed by atoms with van der Waals surface area (Å²) in [5, 5.41) is 66.9. The molecule has 0 unspecified atom stereocenters. The Morgan fingerprint density at radius 1 is 1.13 bits per heavy atom. The van der Waals surface area contributed by atoms with E-state index in [1.807, 2.05) is 0 Å². The van der Waals surface area contributed by atoms with Gasteiger partial charge < -0.3 is 40.1 Å². The molecule has 0 bridgehead atoms. The Morgan fingerprint density at radius 3 is 2.43 bits per heavy atom. The maximum Gasteiger partial charge on any atom is 0.187 e. The number of allylic oxidation sites excluding steroid dienone is 1. The molecular weight excluding hydrogens is 310 g/mol. The Morgan fingerprint density at radius 2 is 1.83 bits per heavy atom. The molecule has 23 heavy (non-hydrogen) atoms.